The van der Waals surface area contributed by atoms with Gasteiger partial charge in [-0.3, -0.25) is 4.68 Å². The largest absolute Gasteiger partial charge is 0.479 e. The number of hydrogen-bond donors (Lipinski definition) is 3. The summed E-state index contributed by atoms with van der Waals surface area (Å²) >= 11 is 0. The first-order valence-electron chi connectivity index (χ1n) is 5.91. The highest BCUT2D eigenvalue weighted by molar-refractivity contribution is 5.86. The van der Waals surface area contributed by atoms with Crippen LogP contribution in [0, 0.1) is 0 Å². The van der Waals surface area contributed by atoms with Crippen molar-refractivity contribution in [2.75, 3.05) is 6.54 Å². The van der Waals surface area contributed by atoms with E-state index in [9.17, 15) is 22.8 Å². The minimum Gasteiger partial charge on any atom is -0.479 e. The molecule has 0 aliphatic rings. The predicted molar refractivity (Wildman–Crippen MR) is 65.5 cm³/mol. The quantitative estimate of drug-likeness (QED) is 0.745. The van der Waals surface area contributed by atoms with Gasteiger partial charge in [-0.1, -0.05) is 0 Å². The molecule has 1 aromatic heterocycles. The van der Waals surface area contributed by atoms with Gasteiger partial charge in [-0.15, -0.1) is 0 Å². The molecule has 1 rings (SSSR count). The molecule has 1 aromatic rings. The Hall–Kier alpha value is -2.26. The van der Waals surface area contributed by atoms with Gasteiger partial charge >= 0.3 is 18.2 Å². The molecule has 2 amide bonds. The Morgan fingerprint density at radius 3 is 2.48 bits per heavy atom. The third kappa shape index (κ3) is 4.10. The zero-order chi connectivity index (χ0) is 16.3. The lowest BCUT2D eigenvalue weighted by Crippen LogP contribution is -2.63. The first-order chi connectivity index (χ1) is 9.56. The summed E-state index contributed by atoms with van der Waals surface area (Å²) in [5, 5.41) is 16.3. The van der Waals surface area contributed by atoms with Crippen LogP contribution in [0.1, 0.15) is 12.6 Å². The van der Waals surface area contributed by atoms with E-state index in [0.29, 0.717) is 19.0 Å². The van der Waals surface area contributed by atoms with Gasteiger partial charge in [-0.2, -0.15) is 18.3 Å². The van der Waals surface area contributed by atoms with Crippen molar-refractivity contribution in [2.45, 2.75) is 25.1 Å². The maximum Gasteiger partial charge on any atom is 0.422 e. The van der Waals surface area contributed by atoms with E-state index >= 15 is 0 Å². The minimum atomic E-state index is -5.11. The number of nitrogens with zero attached hydrogens (tertiary/aromatic N) is 2. The summed E-state index contributed by atoms with van der Waals surface area (Å²) < 4.78 is 39.5. The van der Waals surface area contributed by atoms with Gasteiger partial charge < -0.3 is 15.7 Å². The summed E-state index contributed by atoms with van der Waals surface area (Å²) in [4.78, 5) is 22.1. The van der Waals surface area contributed by atoms with E-state index in [1.165, 1.54) is 5.32 Å². The van der Waals surface area contributed by atoms with E-state index in [1.54, 1.807) is 24.0 Å². The Morgan fingerprint density at radius 2 is 2.05 bits per heavy atom. The van der Waals surface area contributed by atoms with Gasteiger partial charge in [0.15, 0.2) is 0 Å². The average Bonchev–Trinajstić information content (AvgIpc) is 2.73. The molecule has 0 spiro atoms. The summed E-state index contributed by atoms with van der Waals surface area (Å²) in [6, 6.07) is 0.476. The SMILES string of the molecule is Cn1ccc(CCNC(=O)NC(C)(C(=O)O)C(F)(F)F)n1. The lowest BCUT2D eigenvalue weighted by molar-refractivity contribution is -0.203. The molecule has 1 heterocycles. The van der Waals surface area contributed by atoms with Crippen LogP contribution in [0.4, 0.5) is 18.0 Å². The monoisotopic (exact) mass is 308 g/mol. The minimum absolute atomic E-state index is 0.0242. The van der Waals surface area contributed by atoms with Crippen molar-refractivity contribution in [3.05, 3.63) is 18.0 Å². The molecule has 0 aliphatic carbocycles. The van der Waals surface area contributed by atoms with Gasteiger partial charge in [-0.05, 0) is 13.0 Å². The number of urea groups is 1. The van der Waals surface area contributed by atoms with E-state index in [-0.39, 0.29) is 6.54 Å². The molecule has 0 radical (unpaired) electrons. The van der Waals surface area contributed by atoms with Crippen LogP contribution in [0.15, 0.2) is 12.3 Å². The lowest BCUT2D eigenvalue weighted by atomic mass is 10.0. The third-order valence-corrected chi connectivity index (χ3v) is 2.79. The molecule has 10 heteroatoms. The van der Waals surface area contributed by atoms with Crippen molar-refractivity contribution in [2.24, 2.45) is 7.05 Å². The van der Waals surface area contributed by atoms with Crippen LogP contribution in [0.3, 0.4) is 0 Å². The Morgan fingerprint density at radius 1 is 1.43 bits per heavy atom. The van der Waals surface area contributed by atoms with Crippen molar-refractivity contribution in [1.29, 1.82) is 0 Å². The molecule has 0 saturated heterocycles. The second-order valence-corrected chi connectivity index (χ2v) is 4.54. The van der Waals surface area contributed by atoms with Gasteiger partial charge in [0.05, 0.1) is 5.69 Å². The smallest absolute Gasteiger partial charge is 0.422 e. The molecule has 0 aromatic carbocycles. The third-order valence-electron chi connectivity index (χ3n) is 2.79. The molecule has 7 nitrogen and oxygen atoms in total. The fourth-order valence-corrected chi connectivity index (χ4v) is 1.42. The Bertz CT molecular complexity index is 529. The summed E-state index contributed by atoms with van der Waals surface area (Å²) in [6.45, 7) is 0.407. The van der Waals surface area contributed by atoms with Gasteiger partial charge in [-0.25, -0.2) is 9.59 Å². The molecular weight excluding hydrogens is 293 g/mol. The number of aromatic nitrogens is 2. The number of carbonyl (C=O) groups excluding carboxylic acids is 1. The molecule has 0 aliphatic heterocycles. The van der Waals surface area contributed by atoms with Crippen molar-refractivity contribution in [3.8, 4) is 0 Å². The molecule has 3 N–H and O–H groups in total. The predicted octanol–water partition coefficient (Wildman–Crippen LogP) is 0.667. The van der Waals surface area contributed by atoms with Gasteiger partial charge in [0.2, 0.25) is 5.54 Å². The maximum absolute atomic E-state index is 12.7. The number of rotatable bonds is 5. The van der Waals surface area contributed by atoms with Crippen molar-refractivity contribution in [1.82, 2.24) is 20.4 Å². The molecule has 0 bridgehead atoms. The number of amides is 2. The van der Waals surface area contributed by atoms with Gasteiger partial charge in [0.25, 0.3) is 0 Å². The number of hydrogen-bond acceptors (Lipinski definition) is 3. The zero-order valence-corrected chi connectivity index (χ0v) is 11.4. The highest BCUT2D eigenvalue weighted by Gasteiger charge is 2.58. The number of halogens is 3. The fourth-order valence-electron chi connectivity index (χ4n) is 1.42. The standard InChI is InChI=1S/C11H15F3N4O3/c1-10(8(19)20,11(12,13)14)16-9(21)15-5-3-7-4-6-18(2)17-7/h4,6H,3,5H2,1-2H3,(H,19,20)(H2,15,16,21). The number of aliphatic carboxylic acids is 1. The molecule has 0 saturated carbocycles. The van der Waals surface area contributed by atoms with Crippen LogP contribution in [-0.4, -0.2) is 45.1 Å². The zero-order valence-electron chi connectivity index (χ0n) is 11.4. The topological polar surface area (TPSA) is 96.2 Å². The van der Waals surface area contributed by atoms with E-state index in [1.807, 2.05) is 0 Å². The summed E-state index contributed by atoms with van der Waals surface area (Å²) in [5.74, 6) is -2.19. The Balaban J connectivity index is 2.54. The molecule has 0 fully saturated rings. The number of carboxylic acid groups (broad SMARTS) is 1. The Kier molecular flexibility index (Phi) is 4.81. The summed E-state index contributed by atoms with van der Waals surface area (Å²) in [7, 11) is 1.70. The lowest BCUT2D eigenvalue weighted by Gasteiger charge is -2.28. The fraction of sp³-hybridized carbons (Fsp3) is 0.545. The maximum atomic E-state index is 12.7. The van der Waals surface area contributed by atoms with E-state index in [2.05, 4.69) is 10.4 Å². The van der Waals surface area contributed by atoms with Crippen LogP contribution in [0.25, 0.3) is 0 Å². The second kappa shape index (κ2) is 6.02. The van der Waals surface area contributed by atoms with E-state index < -0.39 is 23.7 Å². The van der Waals surface area contributed by atoms with Crippen molar-refractivity contribution < 1.29 is 27.9 Å². The number of carboxylic acids is 1. The van der Waals surface area contributed by atoms with Crippen LogP contribution < -0.4 is 10.6 Å². The normalized spacial score (nSPS) is 14.3. The highest BCUT2D eigenvalue weighted by Crippen LogP contribution is 2.30. The summed E-state index contributed by atoms with van der Waals surface area (Å²) in [6.07, 6.45) is -3.12. The van der Waals surface area contributed by atoms with Crippen LogP contribution in [-0.2, 0) is 18.3 Å². The van der Waals surface area contributed by atoms with E-state index in [4.69, 9.17) is 5.11 Å². The second-order valence-electron chi connectivity index (χ2n) is 4.54. The number of carbonyl (C=O) groups is 2. The van der Waals surface area contributed by atoms with Gasteiger partial charge in [0.1, 0.15) is 0 Å². The molecule has 1 atom stereocenters. The Labute approximate surface area is 118 Å². The van der Waals surface area contributed by atoms with Crippen LogP contribution >= 0.6 is 0 Å². The molecule has 21 heavy (non-hydrogen) atoms. The molecular formula is C11H15F3N4O3. The van der Waals surface area contributed by atoms with Crippen molar-refractivity contribution in [3.63, 3.8) is 0 Å². The first-order valence-corrected chi connectivity index (χ1v) is 5.91. The average molecular weight is 308 g/mol. The van der Waals surface area contributed by atoms with E-state index in [0.717, 1.165) is 0 Å². The number of aryl methyl sites for hydroxylation is 1. The molecule has 118 valence electrons. The van der Waals surface area contributed by atoms with Crippen LogP contribution in [0.5, 0.6) is 0 Å². The van der Waals surface area contributed by atoms with Crippen molar-refractivity contribution >= 4 is 12.0 Å². The van der Waals surface area contributed by atoms with Crippen LogP contribution in [0.2, 0.25) is 0 Å². The number of alkyl halides is 3. The van der Waals surface area contributed by atoms with Gasteiger partial charge in [0, 0.05) is 26.2 Å². The number of nitrogens with one attached hydrogen (secondary N) is 2. The highest BCUT2D eigenvalue weighted by atomic mass is 19.4. The first kappa shape index (κ1) is 16.8. The summed E-state index contributed by atoms with van der Waals surface area (Å²) in [5.41, 5.74) is -2.70. The molecule has 1 unspecified atom stereocenters.